The van der Waals surface area contributed by atoms with Crippen LogP contribution in [0.5, 0.6) is 0 Å². The van der Waals surface area contributed by atoms with Crippen LogP contribution < -0.4 is 5.32 Å². The molecule has 1 aliphatic rings. The number of nitrogens with one attached hydrogen (secondary N) is 1. The normalized spacial score (nSPS) is 20.5. The standard InChI is InChI=1S/C15H26N2O4/c1-10(2)15(11(3)18)16-13(19)9-17-7-6-12(8-17)4-5-14(20)21/h10,12,15H,4-9H2,1-3H3,(H,16,19)(H,20,21). The number of likely N-dealkylation sites (tertiary alicyclic amines) is 1. The van der Waals surface area contributed by atoms with Crippen molar-refractivity contribution < 1.29 is 19.5 Å². The van der Waals surface area contributed by atoms with E-state index in [1.807, 2.05) is 18.7 Å². The molecule has 1 saturated heterocycles. The number of carbonyl (C=O) groups is 3. The van der Waals surface area contributed by atoms with Crippen LogP contribution >= 0.6 is 0 Å². The maximum absolute atomic E-state index is 12.0. The number of carboxylic acids is 1. The summed E-state index contributed by atoms with van der Waals surface area (Å²) in [5, 5.41) is 11.5. The fourth-order valence-electron chi connectivity index (χ4n) is 2.78. The molecule has 0 bridgehead atoms. The SMILES string of the molecule is CC(=O)C(NC(=O)CN1CCC(CCC(=O)O)C1)C(C)C. The van der Waals surface area contributed by atoms with Crippen LogP contribution in [0, 0.1) is 11.8 Å². The van der Waals surface area contributed by atoms with Gasteiger partial charge in [0.05, 0.1) is 12.6 Å². The number of amides is 1. The number of hydrogen-bond acceptors (Lipinski definition) is 4. The molecule has 6 heteroatoms. The van der Waals surface area contributed by atoms with Crippen molar-refractivity contribution in [3.8, 4) is 0 Å². The predicted molar refractivity (Wildman–Crippen MR) is 78.9 cm³/mol. The number of rotatable bonds is 8. The fourth-order valence-corrected chi connectivity index (χ4v) is 2.78. The van der Waals surface area contributed by atoms with E-state index in [1.54, 1.807) is 0 Å². The van der Waals surface area contributed by atoms with Gasteiger partial charge < -0.3 is 10.4 Å². The second kappa shape index (κ2) is 8.12. The Morgan fingerprint density at radius 2 is 2.00 bits per heavy atom. The van der Waals surface area contributed by atoms with Crippen molar-refractivity contribution in [3.05, 3.63) is 0 Å². The molecule has 6 nitrogen and oxygen atoms in total. The largest absolute Gasteiger partial charge is 0.481 e. The summed E-state index contributed by atoms with van der Waals surface area (Å²) in [5.41, 5.74) is 0. The topological polar surface area (TPSA) is 86.7 Å². The minimum absolute atomic E-state index is 0.0286. The molecule has 1 rings (SSSR count). The van der Waals surface area contributed by atoms with Gasteiger partial charge in [-0.2, -0.15) is 0 Å². The Hall–Kier alpha value is -1.43. The summed E-state index contributed by atoms with van der Waals surface area (Å²) in [6.45, 7) is 7.15. The van der Waals surface area contributed by atoms with E-state index in [1.165, 1.54) is 6.92 Å². The first-order valence-electron chi connectivity index (χ1n) is 7.53. The number of carboxylic acid groups (broad SMARTS) is 1. The zero-order chi connectivity index (χ0) is 16.0. The molecule has 0 aromatic carbocycles. The van der Waals surface area contributed by atoms with E-state index in [2.05, 4.69) is 5.32 Å². The van der Waals surface area contributed by atoms with Gasteiger partial charge in [-0.15, -0.1) is 0 Å². The highest BCUT2D eigenvalue weighted by Crippen LogP contribution is 2.20. The third kappa shape index (κ3) is 6.25. The van der Waals surface area contributed by atoms with Gasteiger partial charge in [0, 0.05) is 13.0 Å². The Morgan fingerprint density at radius 3 is 2.52 bits per heavy atom. The Labute approximate surface area is 125 Å². The molecule has 2 atom stereocenters. The molecule has 21 heavy (non-hydrogen) atoms. The molecule has 0 aromatic heterocycles. The van der Waals surface area contributed by atoms with Crippen molar-refractivity contribution in [3.63, 3.8) is 0 Å². The van der Waals surface area contributed by atoms with Gasteiger partial charge in [0.1, 0.15) is 0 Å². The molecule has 1 fully saturated rings. The van der Waals surface area contributed by atoms with Crippen molar-refractivity contribution in [1.82, 2.24) is 10.2 Å². The Kier molecular flexibility index (Phi) is 6.81. The zero-order valence-corrected chi connectivity index (χ0v) is 13.1. The highest BCUT2D eigenvalue weighted by Gasteiger charge is 2.26. The van der Waals surface area contributed by atoms with Crippen LogP contribution in [0.4, 0.5) is 0 Å². The Balaban J connectivity index is 2.35. The molecule has 0 aromatic rings. The molecule has 0 spiro atoms. The van der Waals surface area contributed by atoms with Crippen LogP contribution in [-0.4, -0.2) is 53.3 Å². The van der Waals surface area contributed by atoms with Gasteiger partial charge in [-0.1, -0.05) is 13.8 Å². The second-order valence-corrected chi connectivity index (χ2v) is 6.22. The average molecular weight is 298 g/mol. The molecule has 0 saturated carbocycles. The quantitative estimate of drug-likeness (QED) is 0.695. The third-order valence-corrected chi connectivity index (χ3v) is 3.92. The number of carbonyl (C=O) groups excluding carboxylic acids is 2. The summed E-state index contributed by atoms with van der Waals surface area (Å²) in [6.07, 6.45) is 1.78. The highest BCUT2D eigenvalue weighted by molar-refractivity contribution is 5.88. The van der Waals surface area contributed by atoms with E-state index in [9.17, 15) is 14.4 Å². The first-order chi connectivity index (χ1) is 9.79. The van der Waals surface area contributed by atoms with Crippen LogP contribution in [0.25, 0.3) is 0 Å². The van der Waals surface area contributed by atoms with Gasteiger partial charge in [0.2, 0.25) is 5.91 Å². The van der Waals surface area contributed by atoms with Gasteiger partial charge >= 0.3 is 5.97 Å². The average Bonchev–Trinajstić information content (AvgIpc) is 2.80. The first-order valence-corrected chi connectivity index (χ1v) is 7.53. The van der Waals surface area contributed by atoms with Crippen molar-refractivity contribution in [2.75, 3.05) is 19.6 Å². The molecule has 120 valence electrons. The van der Waals surface area contributed by atoms with Crippen LogP contribution in [0.2, 0.25) is 0 Å². The maximum Gasteiger partial charge on any atom is 0.303 e. The lowest BCUT2D eigenvalue weighted by Gasteiger charge is -2.22. The summed E-state index contributed by atoms with van der Waals surface area (Å²) >= 11 is 0. The Bertz CT molecular complexity index is 395. The fraction of sp³-hybridized carbons (Fsp3) is 0.800. The van der Waals surface area contributed by atoms with E-state index in [0.717, 1.165) is 19.5 Å². The predicted octanol–water partition coefficient (Wildman–Crippen LogP) is 0.903. The number of hydrogen-bond donors (Lipinski definition) is 2. The lowest BCUT2D eigenvalue weighted by Crippen LogP contribution is -2.47. The van der Waals surface area contributed by atoms with E-state index in [4.69, 9.17) is 5.11 Å². The molecule has 2 N–H and O–H groups in total. The summed E-state index contributed by atoms with van der Waals surface area (Å²) in [4.78, 5) is 36.0. The smallest absolute Gasteiger partial charge is 0.303 e. The van der Waals surface area contributed by atoms with Crippen LogP contribution in [0.15, 0.2) is 0 Å². The van der Waals surface area contributed by atoms with Crippen molar-refractivity contribution in [2.24, 2.45) is 11.8 Å². The molecule has 2 unspecified atom stereocenters. The van der Waals surface area contributed by atoms with Gasteiger partial charge in [0.15, 0.2) is 5.78 Å². The van der Waals surface area contributed by atoms with E-state index in [-0.39, 0.29) is 30.6 Å². The van der Waals surface area contributed by atoms with Gasteiger partial charge in [-0.25, -0.2) is 0 Å². The third-order valence-electron chi connectivity index (χ3n) is 3.92. The molecular formula is C15H26N2O4. The summed E-state index contributed by atoms with van der Waals surface area (Å²) in [5.74, 6) is -0.509. The zero-order valence-electron chi connectivity index (χ0n) is 13.1. The molecule has 1 heterocycles. The van der Waals surface area contributed by atoms with E-state index in [0.29, 0.717) is 12.3 Å². The summed E-state index contributed by atoms with van der Waals surface area (Å²) in [7, 11) is 0. The monoisotopic (exact) mass is 298 g/mol. The summed E-state index contributed by atoms with van der Waals surface area (Å²) < 4.78 is 0. The number of ketones is 1. The number of Topliss-reactive ketones (excluding diaryl/α,β-unsaturated/α-hetero) is 1. The van der Waals surface area contributed by atoms with E-state index >= 15 is 0 Å². The number of aliphatic carboxylic acids is 1. The molecular weight excluding hydrogens is 272 g/mol. The minimum atomic E-state index is -0.771. The van der Waals surface area contributed by atoms with E-state index < -0.39 is 12.0 Å². The van der Waals surface area contributed by atoms with Gasteiger partial charge in [-0.05, 0) is 38.1 Å². The highest BCUT2D eigenvalue weighted by atomic mass is 16.4. The first kappa shape index (κ1) is 17.6. The molecule has 1 amide bonds. The van der Waals surface area contributed by atoms with Gasteiger partial charge in [-0.3, -0.25) is 19.3 Å². The summed E-state index contributed by atoms with van der Waals surface area (Å²) in [6, 6.07) is -0.428. The Morgan fingerprint density at radius 1 is 1.33 bits per heavy atom. The van der Waals surface area contributed by atoms with Crippen LogP contribution in [-0.2, 0) is 14.4 Å². The number of nitrogens with zero attached hydrogens (tertiary/aromatic N) is 1. The minimum Gasteiger partial charge on any atom is -0.481 e. The molecule has 0 aliphatic carbocycles. The molecule has 0 radical (unpaired) electrons. The second-order valence-electron chi connectivity index (χ2n) is 6.22. The maximum atomic E-state index is 12.0. The van der Waals surface area contributed by atoms with Gasteiger partial charge in [0.25, 0.3) is 0 Å². The van der Waals surface area contributed by atoms with Crippen molar-refractivity contribution >= 4 is 17.7 Å². The lowest BCUT2D eigenvalue weighted by atomic mass is 10.0. The van der Waals surface area contributed by atoms with Crippen molar-refractivity contribution in [1.29, 1.82) is 0 Å². The van der Waals surface area contributed by atoms with Crippen molar-refractivity contribution in [2.45, 2.75) is 46.1 Å². The van der Waals surface area contributed by atoms with Crippen LogP contribution in [0.1, 0.15) is 40.0 Å². The molecule has 1 aliphatic heterocycles. The van der Waals surface area contributed by atoms with Crippen LogP contribution in [0.3, 0.4) is 0 Å². The lowest BCUT2D eigenvalue weighted by molar-refractivity contribution is -0.137.